The smallest absolute Gasteiger partial charge is 0.196 e. The molecule has 0 aromatic heterocycles. The van der Waals surface area contributed by atoms with Gasteiger partial charge in [0.05, 0.1) is 19.3 Å². The first kappa shape index (κ1) is 17.1. The first-order valence-electron chi connectivity index (χ1n) is 8.33. The first-order chi connectivity index (χ1) is 12.0. The Balaban J connectivity index is 1.96. The Morgan fingerprint density at radius 1 is 1.16 bits per heavy atom. The number of hydrogen-bond donors (Lipinski definition) is 0. The minimum absolute atomic E-state index is 0.0147. The Bertz CT molecular complexity index is 849. The predicted octanol–water partition coefficient (Wildman–Crippen LogP) is 4.37. The highest BCUT2D eigenvalue weighted by atomic mass is 16.5. The monoisotopic (exact) mass is 338 g/mol. The summed E-state index contributed by atoms with van der Waals surface area (Å²) in [6.07, 6.45) is 1.85. The molecule has 2 aromatic carbocycles. The number of aryl methyl sites for hydroxylation is 2. The molecule has 2 aromatic rings. The van der Waals surface area contributed by atoms with Crippen LogP contribution in [0.5, 0.6) is 17.2 Å². The Hall–Kier alpha value is -2.75. The summed E-state index contributed by atoms with van der Waals surface area (Å²) in [5.74, 6) is 2.04. The molecule has 0 saturated carbocycles. The molecule has 25 heavy (non-hydrogen) atoms. The fourth-order valence-corrected chi connectivity index (χ4v) is 3.06. The van der Waals surface area contributed by atoms with Crippen LogP contribution in [-0.4, -0.2) is 26.1 Å². The number of ether oxygens (including phenoxy) is 3. The maximum Gasteiger partial charge on any atom is 0.196 e. The van der Waals surface area contributed by atoms with E-state index in [2.05, 4.69) is 0 Å². The highest BCUT2D eigenvalue weighted by Gasteiger charge is 2.25. The summed E-state index contributed by atoms with van der Waals surface area (Å²) >= 11 is 0. The van der Waals surface area contributed by atoms with Gasteiger partial charge in [-0.25, -0.2) is 0 Å². The Kier molecular flexibility index (Phi) is 4.79. The van der Waals surface area contributed by atoms with Gasteiger partial charge in [-0.1, -0.05) is 12.1 Å². The number of benzene rings is 2. The average Bonchev–Trinajstić information content (AvgIpc) is 2.59. The molecule has 1 aliphatic rings. The molecule has 0 radical (unpaired) electrons. The summed E-state index contributed by atoms with van der Waals surface area (Å²) in [4.78, 5) is 12.8. The quantitative estimate of drug-likeness (QED) is 0.777. The van der Waals surface area contributed by atoms with Gasteiger partial charge in [0, 0.05) is 5.57 Å². The Labute approximate surface area is 148 Å². The number of methoxy groups -OCH3 is 1. The van der Waals surface area contributed by atoms with Crippen molar-refractivity contribution in [3.05, 3.63) is 58.2 Å². The zero-order valence-electron chi connectivity index (χ0n) is 15.0. The average molecular weight is 338 g/mol. The third-order valence-corrected chi connectivity index (χ3v) is 4.16. The van der Waals surface area contributed by atoms with Gasteiger partial charge >= 0.3 is 0 Å². The largest absolute Gasteiger partial charge is 0.493 e. The van der Waals surface area contributed by atoms with E-state index in [1.165, 1.54) is 0 Å². The molecule has 0 unspecified atom stereocenters. The van der Waals surface area contributed by atoms with Crippen LogP contribution in [0.2, 0.25) is 0 Å². The van der Waals surface area contributed by atoms with Crippen LogP contribution in [0.4, 0.5) is 0 Å². The molecular formula is C21H22O4. The van der Waals surface area contributed by atoms with E-state index in [1.807, 2.05) is 57.2 Å². The van der Waals surface area contributed by atoms with Gasteiger partial charge in [0.25, 0.3) is 0 Å². The van der Waals surface area contributed by atoms with E-state index in [-0.39, 0.29) is 12.4 Å². The van der Waals surface area contributed by atoms with E-state index in [0.29, 0.717) is 35.0 Å². The van der Waals surface area contributed by atoms with Crippen LogP contribution in [-0.2, 0) is 0 Å². The Morgan fingerprint density at radius 3 is 2.68 bits per heavy atom. The molecule has 0 aliphatic carbocycles. The number of carbonyl (C=O) groups is 1. The predicted molar refractivity (Wildman–Crippen MR) is 97.9 cm³/mol. The lowest BCUT2D eigenvalue weighted by atomic mass is 9.95. The lowest BCUT2D eigenvalue weighted by Crippen LogP contribution is -2.20. The topological polar surface area (TPSA) is 44.8 Å². The van der Waals surface area contributed by atoms with Crippen molar-refractivity contribution in [2.75, 3.05) is 20.3 Å². The van der Waals surface area contributed by atoms with Crippen LogP contribution in [0.3, 0.4) is 0 Å². The molecule has 0 fully saturated rings. The van der Waals surface area contributed by atoms with Gasteiger partial charge in [-0.05, 0) is 61.7 Å². The van der Waals surface area contributed by atoms with Gasteiger partial charge in [0.15, 0.2) is 17.3 Å². The number of Topliss-reactive ketones (excluding diaryl/α,β-unsaturated/α-hetero) is 1. The maximum absolute atomic E-state index is 12.8. The van der Waals surface area contributed by atoms with Gasteiger partial charge < -0.3 is 14.2 Å². The molecular weight excluding hydrogens is 316 g/mol. The fourth-order valence-electron chi connectivity index (χ4n) is 3.06. The molecule has 4 heteroatoms. The normalized spacial score (nSPS) is 14.9. The number of hydrogen-bond acceptors (Lipinski definition) is 4. The zero-order chi connectivity index (χ0) is 18.0. The van der Waals surface area contributed by atoms with Crippen LogP contribution in [0.15, 0.2) is 35.9 Å². The van der Waals surface area contributed by atoms with Crippen molar-refractivity contribution in [2.24, 2.45) is 0 Å². The van der Waals surface area contributed by atoms with Gasteiger partial charge in [-0.2, -0.15) is 0 Å². The number of rotatable bonds is 4. The second-order valence-electron chi connectivity index (χ2n) is 6.09. The molecule has 130 valence electrons. The van der Waals surface area contributed by atoms with E-state index < -0.39 is 0 Å². The minimum atomic E-state index is 0.0147. The molecule has 0 atom stereocenters. The molecule has 3 rings (SSSR count). The molecule has 0 N–H and O–H groups in total. The molecule has 1 heterocycles. The summed E-state index contributed by atoms with van der Waals surface area (Å²) in [6, 6.07) is 9.53. The lowest BCUT2D eigenvalue weighted by molar-refractivity contribution is 0.100. The van der Waals surface area contributed by atoms with Crippen molar-refractivity contribution in [3.8, 4) is 17.2 Å². The third kappa shape index (κ3) is 3.38. The minimum Gasteiger partial charge on any atom is -0.493 e. The number of carbonyl (C=O) groups excluding carboxylic acids is 1. The fraction of sp³-hybridized carbons (Fsp3) is 0.286. The van der Waals surface area contributed by atoms with Gasteiger partial charge in [0.2, 0.25) is 0 Å². The summed E-state index contributed by atoms with van der Waals surface area (Å²) in [5.41, 5.74) is 4.18. The maximum atomic E-state index is 12.8. The van der Waals surface area contributed by atoms with Crippen molar-refractivity contribution in [1.82, 2.24) is 0 Å². The van der Waals surface area contributed by atoms with Crippen LogP contribution < -0.4 is 14.2 Å². The first-order valence-corrected chi connectivity index (χ1v) is 8.33. The summed E-state index contributed by atoms with van der Waals surface area (Å²) in [7, 11) is 1.60. The van der Waals surface area contributed by atoms with Crippen LogP contribution in [0.25, 0.3) is 6.08 Å². The standard InChI is InChI=1S/C21H22O4/c1-5-24-18-7-6-15(11-19(18)23-4)10-16-12-25-21-14(3)8-13(2)9-17(21)20(16)22/h6-11H,5,12H2,1-4H3/b16-10+. The number of ketones is 1. The third-order valence-electron chi connectivity index (χ3n) is 4.16. The summed E-state index contributed by atoms with van der Waals surface area (Å²) in [5, 5.41) is 0. The number of fused-ring (bicyclic) bond motifs is 1. The summed E-state index contributed by atoms with van der Waals surface area (Å²) in [6.45, 7) is 6.71. The second kappa shape index (κ2) is 7.01. The van der Waals surface area contributed by atoms with E-state index >= 15 is 0 Å². The highest BCUT2D eigenvalue weighted by molar-refractivity contribution is 6.14. The van der Waals surface area contributed by atoms with Crippen molar-refractivity contribution in [1.29, 1.82) is 0 Å². The molecule has 0 bridgehead atoms. The van der Waals surface area contributed by atoms with Crippen LogP contribution in [0, 0.1) is 13.8 Å². The van der Waals surface area contributed by atoms with Gasteiger partial charge in [-0.3, -0.25) is 4.79 Å². The van der Waals surface area contributed by atoms with E-state index in [1.54, 1.807) is 7.11 Å². The molecule has 0 saturated heterocycles. The van der Waals surface area contributed by atoms with E-state index in [9.17, 15) is 4.79 Å². The van der Waals surface area contributed by atoms with Crippen LogP contribution in [0.1, 0.15) is 34.0 Å². The Morgan fingerprint density at radius 2 is 1.96 bits per heavy atom. The zero-order valence-corrected chi connectivity index (χ0v) is 15.0. The highest BCUT2D eigenvalue weighted by Crippen LogP contribution is 2.33. The second-order valence-corrected chi connectivity index (χ2v) is 6.09. The van der Waals surface area contributed by atoms with Crippen molar-refractivity contribution in [2.45, 2.75) is 20.8 Å². The van der Waals surface area contributed by atoms with E-state index in [4.69, 9.17) is 14.2 Å². The molecule has 1 aliphatic heterocycles. The van der Waals surface area contributed by atoms with Gasteiger partial charge in [-0.15, -0.1) is 0 Å². The van der Waals surface area contributed by atoms with E-state index in [0.717, 1.165) is 16.7 Å². The van der Waals surface area contributed by atoms with Crippen molar-refractivity contribution >= 4 is 11.9 Å². The SMILES string of the molecule is CCOc1ccc(/C=C2\COc3c(C)cc(C)cc3C2=O)cc1OC. The van der Waals surface area contributed by atoms with Crippen molar-refractivity contribution < 1.29 is 19.0 Å². The molecule has 4 nitrogen and oxygen atoms in total. The molecule has 0 amide bonds. The molecule has 0 spiro atoms. The lowest BCUT2D eigenvalue weighted by Gasteiger charge is -2.21. The van der Waals surface area contributed by atoms with Crippen molar-refractivity contribution in [3.63, 3.8) is 0 Å². The summed E-state index contributed by atoms with van der Waals surface area (Å²) < 4.78 is 16.7. The van der Waals surface area contributed by atoms with Gasteiger partial charge in [0.1, 0.15) is 12.4 Å². The van der Waals surface area contributed by atoms with Crippen LogP contribution >= 0.6 is 0 Å².